The Morgan fingerprint density at radius 2 is 1.92 bits per heavy atom. The zero-order valence-electron chi connectivity index (χ0n) is 14.5. The third-order valence-electron chi connectivity index (χ3n) is 4.47. The highest BCUT2D eigenvalue weighted by Crippen LogP contribution is 2.28. The van der Waals surface area contributed by atoms with Crippen LogP contribution < -0.4 is 0 Å². The van der Waals surface area contributed by atoms with E-state index in [1.165, 1.54) is 37.1 Å². The molecule has 1 amide bonds. The molecule has 1 atom stereocenters. The number of nitrogens with one attached hydrogen (secondary N) is 1. The van der Waals surface area contributed by atoms with Gasteiger partial charge in [-0.2, -0.15) is 0 Å². The molecule has 3 rings (SSSR count). The molecule has 3 aromatic rings. The Bertz CT molecular complexity index is 980. The van der Waals surface area contributed by atoms with Crippen molar-refractivity contribution in [2.45, 2.75) is 13.0 Å². The number of fused-ring (bicyclic) bond motifs is 1. The largest absolute Gasteiger partial charge is 0.394 e. The van der Waals surface area contributed by atoms with Crippen molar-refractivity contribution in [1.29, 1.82) is 0 Å². The fourth-order valence-corrected chi connectivity index (χ4v) is 3.11. The molecular weight excluding hydrogens is 335 g/mol. The molecule has 0 radical (unpaired) electrons. The number of benzene rings is 2. The summed E-state index contributed by atoms with van der Waals surface area (Å²) in [6.07, 6.45) is 0. The Hall–Kier alpha value is -2.99. The van der Waals surface area contributed by atoms with Crippen molar-refractivity contribution >= 4 is 22.6 Å². The molecule has 26 heavy (non-hydrogen) atoms. The first kappa shape index (κ1) is 17.8. The molecule has 2 N–H and O–H groups in total. The first-order valence-electron chi connectivity index (χ1n) is 8.19. The van der Waals surface area contributed by atoms with Crippen LogP contribution in [0.15, 0.2) is 48.5 Å². The maximum Gasteiger partial charge on any atom is 0.257 e. The zero-order chi connectivity index (χ0) is 18.8. The lowest BCUT2D eigenvalue weighted by atomic mass is 10.0. The van der Waals surface area contributed by atoms with E-state index in [1.807, 2.05) is 6.07 Å². The molecule has 1 heterocycles. The van der Waals surface area contributed by atoms with Crippen molar-refractivity contribution in [3.63, 3.8) is 0 Å². The van der Waals surface area contributed by atoms with E-state index in [-0.39, 0.29) is 23.6 Å². The summed E-state index contributed by atoms with van der Waals surface area (Å²) >= 11 is 0. The second-order valence-electron chi connectivity index (χ2n) is 6.15. The molecule has 0 aliphatic carbocycles. The monoisotopic (exact) mass is 354 g/mol. The molecule has 0 aliphatic heterocycles. The van der Waals surface area contributed by atoms with E-state index in [1.54, 1.807) is 24.3 Å². The lowest BCUT2D eigenvalue weighted by Gasteiger charge is -2.27. The fourth-order valence-electron chi connectivity index (χ4n) is 3.11. The Morgan fingerprint density at radius 1 is 1.19 bits per heavy atom. The number of para-hydroxylation sites is 1. The molecule has 2 aromatic carbocycles. The molecule has 0 aliphatic rings. The summed E-state index contributed by atoms with van der Waals surface area (Å²) in [6, 6.07) is 12.2. The summed E-state index contributed by atoms with van der Waals surface area (Å²) < 4.78 is 13.5. The lowest BCUT2D eigenvalue weighted by molar-refractivity contribution is 0.0657. The van der Waals surface area contributed by atoms with Crippen LogP contribution in [-0.4, -0.2) is 40.3 Å². The molecule has 0 fully saturated rings. The number of aromatic nitrogens is 1. The van der Waals surface area contributed by atoms with Crippen LogP contribution in [0.4, 0.5) is 4.39 Å². The van der Waals surface area contributed by atoms with E-state index < -0.39 is 17.8 Å². The number of ketones is 1. The van der Waals surface area contributed by atoms with Crippen molar-refractivity contribution in [2.75, 3.05) is 13.7 Å². The molecule has 1 aromatic heterocycles. The maximum atomic E-state index is 13.5. The average molecular weight is 354 g/mol. The molecule has 0 bridgehead atoms. The molecule has 0 spiro atoms. The third-order valence-corrected chi connectivity index (χ3v) is 4.47. The van der Waals surface area contributed by atoms with E-state index in [4.69, 9.17) is 0 Å². The van der Waals surface area contributed by atoms with E-state index in [9.17, 15) is 19.1 Å². The first-order valence-corrected chi connectivity index (χ1v) is 8.19. The molecule has 0 saturated heterocycles. The number of H-pyrrole nitrogens is 1. The predicted molar refractivity (Wildman–Crippen MR) is 96.6 cm³/mol. The highest BCUT2D eigenvalue weighted by molar-refractivity contribution is 6.15. The van der Waals surface area contributed by atoms with Gasteiger partial charge in [-0.25, -0.2) is 4.39 Å². The van der Waals surface area contributed by atoms with Gasteiger partial charge in [0.15, 0.2) is 5.78 Å². The van der Waals surface area contributed by atoms with Gasteiger partial charge >= 0.3 is 0 Å². The van der Waals surface area contributed by atoms with Crippen LogP contribution in [0, 0.1) is 5.82 Å². The molecule has 0 saturated carbocycles. The van der Waals surface area contributed by atoms with Crippen LogP contribution >= 0.6 is 0 Å². The molecule has 1 unspecified atom stereocenters. The lowest BCUT2D eigenvalue weighted by Crippen LogP contribution is -2.34. The van der Waals surface area contributed by atoms with Gasteiger partial charge in [0.05, 0.1) is 23.9 Å². The van der Waals surface area contributed by atoms with Crippen LogP contribution in [0.5, 0.6) is 0 Å². The zero-order valence-corrected chi connectivity index (χ0v) is 14.5. The normalized spacial score (nSPS) is 12.2. The Kier molecular flexibility index (Phi) is 4.86. The minimum Gasteiger partial charge on any atom is -0.394 e. The number of likely N-dealkylation sites (N-methyl/N-ethyl adjacent to an activating group) is 1. The van der Waals surface area contributed by atoms with Crippen molar-refractivity contribution < 1.29 is 19.1 Å². The Labute approximate surface area is 150 Å². The van der Waals surface area contributed by atoms with Crippen molar-refractivity contribution in [3.05, 3.63) is 71.2 Å². The summed E-state index contributed by atoms with van der Waals surface area (Å²) in [5.74, 6) is -1.13. The minimum atomic E-state index is -0.730. The predicted octanol–water partition coefficient (Wildman–Crippen LogP) is 3.32. The SMILES string of the molecule is CC(=O)c1[nH]c2ccccc2c1C(=O)N(C)C(CO)c1cccc(F)c1. The molecule has 134 valence electrons. The van der Waals surface area contributed by atoms with E-state index in [0.29, 0.717) is 16.5 Å². The number of hydrogen-bond acceptors (Lipinski definition) is 3. The van der Waals surface area contributed by atoms with Crippen LogP contribution in [0.3, 0.4) is 0 Å². The topological polar surface area (TPSA) is 73.4 Å². The van der Waals surface area contributed by atoms with Crippen LogP contribution in [0.2, 0.25) is 0 Å². The standard InChI is InChI=1S/C20H19FN2O3/c1-12(25)19-18(15-8-3-4-9-16(15)22-19)20(26)23(2)17(11-24)13-6-5-7-14(21)10-13/h3-10,17,22,24H,11H2,1-2H3. The first-order chi connectivity index (χ1) is 12.4. The van der Waals surface area contributed by atoms with Gasteiger partial charge in [-0.3, -0.25) is 9.59 Å². The van der Waals surface area contributed by atoms with Crippen molar-refractivity contribution in [1.82, 2.24) is 9.88 Å². The number of aromatic amines is 1. The number of Topliss-reactive ketones (excluding diaryl/α,β-unsaturated/α-hetero) is 1. The summed E-state index contributed by atoms with van der Waals surface area (Å²) in [5, 5.41) is 10.4. The number of carbonyl (C=O) groups excluding carboxylic acids is 2. The second-order valence-corrected chi connectivity index (χ2v) is 6.15. The van der Waals surface area contributed by atoms with Crippen LogP contribution in [-0.2, 0) is 0 Å². The molecule has 6 heteroatoms. The number of halogens is 1. The number of aliphatic hydroxyl groups is 1. The number of amides is 1. The summed E-state index contributed by atoms with van der Waals surface area (Å²) in [5.41, 5.74) is 1.64. The number of rotatable bonds is 5. The number of aliphatic hydroxyl groups excluding tert-OH is 1. The van der Waals surface area contributed by atoms with Crippen LogP contribution in [0.25, 0.3) is 10.9 Å². The van der Waals surface area contributed by atoms with Gasteiger partial charge in [-0.1, -0.05) is 30.3 Å². The second kappa shape index (κ2) is 7.09. The van der Waals surface area contributed by atoms with Gasteiger partial charge in [0.25, 0.3) is 5.91 Å². The fraction of sp³-hybridized carbons (Fsp3) is 0.200. The average Bonchev–Trinajstić information content (AvgIpc) is 3.01. The van der Waals surface area contributed by atoms with Crippen molar-refractivity contribution in [2.24, 2.45) is 0 Å². The van der Waals surface area contributed by atoms with Gasteiger partial charge < -0.3 is 15.0 Å². The quantitative estimate of drug-likeness (QED) is 0.691. The molecule has 5 nitrogen and oxygen atoms in total. The van der Waals surface area contributed by atoms with Crippen molar-refractivity contribution in [3.8, 4) is 0 Å². The van der Waals surface area contributed by atoms with E-state index in [2.05, 4.69) is 4.98 Å². The van der Waals surface area contributed by atoms with E-state index in [0.717, 1.165) is 0 Å². The third kappa shape index (κ3) is 3.11. The number of carbonyl (C=O) groups is 2. The number of nitrogens with zero attached hydrogens (tertiary/aromatic N) is 1. The summed E-state index contributed by atoms with van der Waals surface area (Å²) in [7, 11) is 1.53. The van der Waals surface area contributed by atoms with Gasteiger partial charge in [-0.05, 0) is 23.8 Å². The smallest absolute Gasteiger partial charge is 0.257 e. The Morgan fingerprint density at radius 3 is 2.58 bits per heavy atom. The van der Waals surface area contributed by atoms with Gasteiger partial charge in [0.2, 0.25) is 0 Å². The summed E-state index contributed by atoms with van der Waals surface area (Å²) in [6.45, 7) is 1.01. The molecular formula is C20H19FN2O3. The van der Waals surface area contributed by atoms with Gasteiger partial charge in [0, 0.05) is 24.9 Å². The van der Waals surface area contributed by atoms with Gasteiger partial charge in [0.1, 0.15) is 5.82 Å². The highest BCUT2D eigenvalue weighted by atomic mass is 19.1. The minimum absolute atomic E-state index is 0.221. The van der Waals surface area contributed by atoms with Crippen LogP contribution in [0.1, 0.15) is 39.4 Å². The van der Waals surface area contributed by atoms with E-state index >= 15 is 0 Å². The highest BCUT2D eigenvalue weighted by Gasteiger charge is 2.28. The Balaban J connectivity index is 2.07. The summed E-state index contributed by atoms with van der Waals surface area (Å²) in [4.78, 5) is 29.5. The van der Waals surface area contributed by atoms with Gasteiger partial charge in [-0.15, -0.1) is 0 Å². The maximum absolute atomic E-state index is 13.5. The number of hydrogen-bond donors (Lipinski definition) is 2.